The molecule has 0 atom stereocenters. The summed E-state index contributed by atoms with van der Waals surface area (Å²) in [5.41, 5.74) is 1.40. The summed E-state index contributed by atoms with van der Waals surface area (Å²) in [4.78, 5) is 2.50. The highest BCUT2D eigenvalue weighted by Crippen LogP contribution is 2.33. The second kappa shape index (κ2) is 6.31. The van der Waals surface area contributed by atoms with Crippen LogP contribution in [-0.2, 0) is 0 Å². The van der Waals surface area contributed by atoms with Gasteiger partial charge < -0.3 is 5.32 Å². The summed E-state index contributed by atoms with van der Waals surface area (Å²) in [6.45, 7) is 0. The van der Waals surface area contributed by atoms with Crippen LogP contribution in [0.4, 0.5) is 5.69 Å². The maximum Gasteiger partial charge on any atom is 0.101 e. The second-order valence-corrected chi connectivity index (χ2v) is 6.78. The molecule has 0 radical (unpaired) electrons. The zero-order chi connectivity index (χ0) is 14.7. The van der Waals surface area contributed by atoms with Crippen LogP contribution < -0.4 is 5.32 Å². The number of thiophene rings is 2. The first-order valence-electron chi connectivity index (χ1n) is 6.31. The van der Waals surface area contributed by atoms with Gasteiger partial charge in [-0.15, -0.1) is 22.7 Å². The quantitative estimate of drug-likeness (QED) is 0.682. The first-order valence-corrected chi connectivity index (χ1v) is 8.44. The Kier molecular flexibility index (Phi) is 4.26. The predicted molar refractivity (Wildman–Crippen MR) is 90.3 cm³/mol. The molecule has 0 aliphatic carbocycles. The van der Waals surface area contributed by atoms with E-state index in [1.807, 2.05) is 18.2 Å². The molecule has 21 heavy (non-hydrogen) atoms. The smallest absolute Gasteiger partial charge is 0.101 e. The standard InChI is InChI=1S/C16H11ClN2S2/c17-13-9-12(6-5-11(13)10-18)19-16(14-3-1-7-20-14)15-4-2-8-21-15/h1-9,16,19H. The number of hydrogen-bond donors (Lipinski definition) is 1. The van der Waals surface area contributed by atoms with Gasteiger partial charge in [-0.25, -0.2) is 0 Å². The largest absolute Gasteiger partial charge is 0.373 e. The van der Waals surface area contributed by atoms with Crippen molar-refractivity contribution in [3.05, 3.63) is 73.6 Å². The number of benzene rings is 1. The van der Waals surface area contributed by atoms with Crippen molar-refractivity contribution in [3.63, 3.8) is 0 Å². The average molecular weight is 331 g/mol. The first kappa shape index (κ1) is 14.2. The minimum absolute atomic E-state index is 0.106. The van der Waals surface area contributed by atoms with Crippen LogP contribution in [-0.4, -0.2) is 0 Å². The van der Waals surface area contributed by atoms with Crippen LogP contribution in [0.3, 0.4) is 0 Å². The Morgan fingerprint density at radius 1 is 1.05 bits per heavy atom. The van der Waals surface area contributed by atoms with Crippen molar-refractivity contribution in [2.45, 2.75) is 6.04 Å². The highest BCUT2D eigenvalue weighted by atomic mass is 35.5. The Hall–Kier alpha value is -1.80. The molecule has 3 aromatic rings. The van der Waals surface area contributed by atoms with E-state index in [0.717, 1.165) is 5.69 Å². The first-order chi connectivity index (χ1) is 10.3. The Morgan fingerprint density at radius 3 is 2.19 bits per heavy atom. The molecule has 0 bridgehead atoms. The molecule has 5 heteroatoms. The van der Waals surface area contributed by atoms with E-state index >= 15 is 0 Å². The Balaban J connectivity index is 1.92. The van der Waals surface area contributed by atoms with Gasteiger partial charge >= 0.3 is 0 Å². The van der Waals surface area contributed by atoms with Gasteiger partial charge in [-0.05, 0) is 41.1 Å². The van der Waals surface area contributed by atoms with Crippen LogP contribution >= 0.6 is 34.3 Å². The minimum Gasteiger partial charge on any atom is -0.373 e. The fraction of sp³-hybridized carbons (Fsp3) is 0.0625. The minimum atomic E-state index is 0.106. The van der Waals surface area contributed by atoms with Gasteiger partial charge in [0.2, 0.25) is 0 Å². The summed E-state index contributed by atoms with van der Waals surface area (Å²) >= 11 is 9.54. The molecule has 0 fully saturated rings. The molecule has 3 rings (SSSR count). The van der Waals surface area contributed by atoms with Crippen molar-refractivity contribution < 1.29 is 0 Å². The lowest BCUT2D eigenvalue weighted by Gasteiger charge is -2.18. The Bertz CT molecular complexity index is 724. The molecule has 104 valence electrons. The van der Waals surface area contributed by atoms with E-state index in [2.05, 4.69) is 34.3 Å². The number of halogens is 1. The second-order valence-electron chi connectivity index (χ2n) is 4.41. The average Bonchev–Trinajstić information content (AvgIpc) is 3.18. The maximum atomic E-state index is 8.94. The highest BCUT2D eigenvalue weighted by molar-refractivity contribution is 7.11. The van der Waals surface area contributed by atoms with Gasteiger partial charge in [-0.1, -0.05) is 23.7 Å². The summed E-state index contributed by atoms with van der Waals surface area (Å²) in [6, 6.07) is 15.9. The normalized spacial score (nSPS) is 10.5. The highest BCUT2D eigenvalue weighted by Gasteiger charge is 2.16. The van der Waals surface area contributed by atoms with E-state index in [0.29, 0.717) is 10.6 Å². The number of nitriles is 1. The summed E-state index contributed by atoms with van der Waals surface area (Å²) in [6.07, 6.45) is 0. The van der Waals surface area contributed by atoms with E-state index in [1.165, 1.54) is 9.75 Å². The summed E-state index contributed by atoms with van der Waals surface area (Å²) in [5.74, 6) is 0. The number of nitrogens with one attached hydrogen (secondary N) is 1. The number of rotatable bonds is 4. The van der Waals surface area contributed by atoms with E-state index in [-0.39, 0.29) is 6.04 Å². The summed E-state index contributed by atoms with van der Waals surface area (Å²) < 4.78 is 0. The molecule has 0 unspecified atom stereocenters. The molecule has 0 aliphatic heterocycles. The van der Waals surface area contributed by atoms with E-state index in [1.54, 1.807) is 34.8 Å². The molecule has 1 N–H and O–H groups in total. The van der Waals surface area contributed by atoms with Gasteiger partial charge in [0, 0.05) is 15.4 Å². The fourth-order valence-corrected chi connectivity index (χ4v) is 3.94. The van der Waals surface area contributed by atoms with Crippen LogP contribution in [0.15, 0.2) is 53.2 Å². The topological polar surface area (TPSA) is 35.8 Å². The molecule has 1 aromatic carbocycles. The van der Waals surface area contributed by atoms with Crippen molar-refractivity contribution in [1.29, 1.82) is 5.26 Å². The van der Waals surface area contributed by atoms with Gasteiger partial charge in [0.05, 0.1) is 16.6 Å². The van der Waals surface area contributed by atoms with Gasteiger partial charge in [-0.2, -0.15) is 5.26 Å². The Morgan fingerprint density at radius 2 is 1.71 bits per heavy atom. The third kappa shape index (κ3) is 3.11. The monoisotopic (exact) mass is 330 g/mol. The van der Waals surface area contributed by atoms with Crippen LogP contribution in [0.5, 0.6) is 0 Å². The van der Waals surface area contributed by atoms with E-state index < -0.39 is 0 Å². The number of hydrogen-bond acceptors (Lipinski definition) is 4. The molecule has 2 aromatic heterocycles. The third-order valence-electron chi connectivity index (χ3n) is 3.06. The predicted octanol–water partition coefficient (Wildman–Crippen LogP) is 5.54. The number of nitrogens with zero attached hydrogens (tertiary/aromatic N) is 1. The third-order valence-corrected chi connectivity index (χ3v) is 5.24. The van der Waals surface area contributed by atoms with Crippen LogP contribution in [0.1, 0.15) is 21.4 Å². The molecule has 2 heterocycles. The Labute approximate surface area is 136 Å². The van der Waals surface area contributed by atoms with Crippen molar-refractivity contribution >= 4 is 40.0 Å². The SMILES string of the molecule is N#Cc1ccc(NC(c2cccs2)c2cccs2)cc1Cl. The van der Waals surface area contributed by atoms with Crippen LogP contribution in [0, 0.1) is 11.3 Å². The summed E-state index contributed by atoms with van der Waals surface area (Å²) in [7, 11) is 0. The molecular formula is C16H11ClN2S2. The van der Waals surface area contributed by atoms with Gasteiger partial charge in [0.25, 0.3) is 0 Å². The molecule has 0 aliphatic rings. The van der Waals surface area contributed by atoms with Crippen molar-refractivity contribution in [1.82, 2.24) is 0 Å². The van der Waals surface area contributed by atoms with Gasteiger partial charge in [0.1, 0.15) is 6.07 Å². The molecule has 0 saturated carbocycles. The van der Waals surface area contributed by atoms with Crippen LogP contribution in [0.25, 0.3) is 0 Å². The van der Waals surface area contributed by atoms with Gasteiger partial charge in [0.15, 0.2) is 0 Å². The molecule has 0 saturated heterocycles. The zero-order valence-corrected chi connectivity index (χ0v) is 13.3. The molecule has 0 spiro atoms. The fourth-order valence-electron chi connectivity index (χ4n) is 2.06. The van der Waals surface area contributed by atoms with Crippen molar-refractivity contribution in [2.75, 3.05) is 5.32 Å². The number of anilines is 1. The lowest BCUT2D eigenvalue weighted by atomic mass is 10.1. The maximum absolute atomic E-state index is 8.94. The molecule has 2 nitrogen and oxygen atoms in total. The van der Waals surface area contributed by atoms with Crippen molar-refractivity contribution in [3.8, 4) is 6.07 Å². The van der Waals surface area contributed by atoms with Crippen LogP contribution in [0.2, 0.25) is 5.02 Å². The lowest BCUT2D eigenvalue weighted by Crippen LogP contribution is -2.09. The molecular weight excluding hydrogens is 320 g/mol. The van der Waals surface area contributed by atoms with Crippen molar-refractivity contribution in [2.24, 2.45) is 0 Å². The van der Waals surface area contributed by atoms with E-state index in [9.17, 15) is 0 Å². The lowest BCUT2D eigenvalue weighted by molar-refractivity contribution is 0.993. The zero-order valence-electron chi connectivity index (χ0n) is 10.9. The summed E-state index contributed by atoms with van der Waals surface area (Å²) in [5, 5.41) is 17.1. The molecule has 0 amide bonds. The van der Waals surface area contributed by atoms with E-state index in [4.69, 9.17) is 16.9 Å². The van der Waals surface area contributed by atoms with Gasteiger partial charge in [-0.3, -0.25) is 0 Å².